The molecule has 24 heavy (non-hydrogen) atoms. The van der Waals surface area contributed by atoms with E-state index in [1.165, 1.54) is 6.42 Å². The van der Waals surface area contributed by atoms with Gasteiger partial charge in [0.15, 0.2) is 0 Å². The number of rotatable bonds is 4. The first kappa shape index (κ1) is 17.8. The zero-order chi connectivity index (χ0) is 17.3. The van der Waals surface area contributed by atoms with Crippen LogP contribution >= 0.6 is 0 Å². The lowest BCUT2D eigenvalue weighted by Crippen LogP contribution is -2.45. The number of nitrogens with zero attached hydrogens (tertiary/aromatic N) is 1. The van der Waals surface area contributed by atoms with Gasteiger partial charge >= 0.3 is 5.97 Å². The molecule has 4 nitrogen and oxygen atoms in total. The Morgan fingerprint density at radius 2 is 1.79 bits per heavy atom. The highest BCUT2D eigenvalue weighted by molar-refractivity contribution is 5.82. The second-order valence-corrected chi connectivity index (χ2v) is 8.70. The molecule has 136 valence electrons. The van der Waals surface area contributed by atoms with Gasteiger partial charge in [0.2, 0.25) is 5.91 Å². The summed E-state index contributed by atoms with van der Waals surface area (Å²) < 4.78 is 6.00. The maximum atomic E-state index is 12.7. The van der Waals surface area contributed by atoms with Crippen LogP contribution in [0.5, 0.6) is 0 Å². The molecular formula is C20H33NO3. The Morgan fingerprint density at radius 3 is 2.46 bits per heavy atom. The van der Waals surface area contributed by atoms with Gasteiger partial charge in [-0.15, -0.1) is 0 Å². The lowest BCUT2D eigenvalue weighted by molar-refractivity contribution is -0.163. The molecule has 4 atom stereocenters. The van der Waals surface area contributed by atoms with Crippen LogP contribution < -0.4 is 0 Å². The number of piperidine rings is 1. The first-order valence-corrected chi connectivity index (χ1v) is 9.95. The number of ether oxygens (including phenoxy) is 1. The summed E-state index contributed by atoms with van der Waals surface area (Å²) in [5.74, 6) is 1.99. The quantitative estimate of drug-likeness (QED) is 0.737. The van der Waals surface area contributed by atoms with Crippen molar-refractivity contribution in [1.29, 1.82) is 0 Å². The molecule has 0 aromatic carbocycles. The lowest BCUT2D eigenvalue weighted by atomic mass is 9.75. The van der Waals surface area contributed by atoms with E-state index in [0.717, 1.165) is 45.1 Å². The highest BCUT2D eigenvalue weighted by atomic mass is 16.5. The minimum Gasteiger partial charge on any atom is -0.462 e. The molecular weight excluding hydrogens is 302 g/mol. The van der Waals surface area contributed by atoms with Crippen LogP contribution in [0, 0.1) is 29.6 Å². The second-order valence-electron chi connectivity index (χ2n) is 8.70. The Morgan fingerprint density at radius 1 is 1.04 bits per heavy atom. The van der Waals surface area contributed by atoms with Crippen molar-refractivity contribution < 1.29 is 14.3 Å². The van der Waals surface area contributed by atoms with Crippen molar-refractivity contribution >= 4 is 11.9 Å². The molecule has 3 fully saturated rings. The van der Waals surface area contributed by atoms with Gasteiger partial charge in [-0.1, -0.05) is 27.2 Å². The van der Waals surface area contributed by atoms with Crippen LogP contribution in [0.15, 0.2) is 0 Å². The molecule has 4 heteroatoms. The standard InChI is InChI=1S/C20H33NO3/c1-13(2)17-9-6-14(3)11-18(17)24-20(23)16-5-4-10-21(12-16)19(22)15-7-8-15/h13-18H,4-12H2,1-3H3/t14-,16-,17-,18+/m1/s1. The van der Waals surface area contributed by atoms with Crippen LogP contribution in [0.1, 0.15) is 65.7 Å². The summed E-state index contributed by atoms with van der Waals surface area (Å²) in [4.78, 5) is 26.9. The minimum atomic E-state index is -0.119. The fraction of sp³-hybridized carbons (Fsp3) is 0.900. The molecule has 2 saturated carbocycles. The summed E-state index contributed by atoms with van der Waals surface area (Å²) in [6.07, 6.45) is 7.30. The van der Waals surface area contributed by atoms with E-state index in [1.807, 2.05) is 4.90 Å². The summed E-state index contributed by atoms with van der Waals surface area (Å²) in [5, 5.41) is 0. The first-order chi connectivity index (χ1) is 11.5. The summed E-state index contributed by atoms with van der Waals surface area (Å²) in [6.45, 7) is 8.11. The smallest absolute Gasteiger partial charge is 0.311 e. The second kappa shape index (κ2) is 7.45. The third kappa shape index (κ3) is 4.12. The lowest BCUT2D eigenvalue weighted by Gasteiger charge is -2.38. The highest BCUT2D eigenvalue weighted by Gasteiger charge is 2.39. The first-order valence-electron chi connectivity index (χ1n) is 9.95. The molecule has 1 aliphatic heterocycles. The topological polar surface area (TPSA) is 46.6 Å². The van der Waals surface area contributed by atoms with Gasteiger partial charge in [0, 0.05) is 19.0 Å². The van der Waals surface area contributed by atoms with Crippen molar-refractivity contribution in [3.05, 3.63) is 0 Å². The Kier molecular flexibility index (Phi) is 5.51. The monoisotopic (exact) mass is 335 g/mol. The molecule has 0 aromatic rings. The van der Waals surface area contributed by atoms with Gasteiger partial charge in [-0.3, -0.25) is 9.59 Å². The van der Waals surface area contributed by atoms with Crippen LogP contribution in [0.25, 0.3) is 0 Å². The predicted molar refractivity (Wildman–Crippen MR) is 93.3 cm³/mol. The zero-order valence-corrected chi connectivity index (χ0v) is 15.5. The molecule has 1 saturated heterocycles. The van der Waals surface area contributed by atoms with Gasteiger partial charge in [-0.25, -0.2) is 0 Å². The Bertz CT molecular complexity index is 472. The Balaban J connectivity index is 1.57. The number of hydrogen-bond donors (Lipinski definition) is 0. The van der Waals surface area contributed by atoms with Gasteiger partial charge in [-0.2, -0.15) is 0 Å². The van der Waals surface area contributed by atoms with Gasteiger partial charge in [-0.05, 0) is 56.3 Å². The molecule has 1 heterocycles. The van der Waals surface area contributed by atoms with Gasteiger partial charge in [0.05, 0.1) is 5.92 Å². The van der Waals surface area contributed by atoms with Crippen molar-refractivity contribution in [3.63, 3.8) is 0 Å². The average molecular weight is 335 g/mol. The molecule has 3 rings (SSSR count). The van der Waals surface area contributed by atoms with Crippen molar-refractivity contribution in [1.82, 2.24) is 4.90 Å². The molecule has 1 amide bonds. The van der Waals surface area contributed by atoms with E-state index < -0.39 is 0 Å². The van der Waals surface area contributed by atoms with E-state index in [9.17, 15) is 9.59 Å². The number of likely N-dealkylation sites (tertiary alicyclic amines) is 1. The van der Waals surface area contributed by atoms with Crippen molar-refractivity contribution in [2.24, 2.45) is 29.6 Å². The molecule has 2 aliphatic carbocycles. The van der Waals surface area contributed by atoms with Crippen LogP contribution in [-0.2, 0) is 14.3 Å². The van der Waals surface area contributed by atoms with E-state index in [1.54, 1.807) is 0 Å². The number of hydrogen-bond acceptors (Lipinski definition) is 3. The van der Waals surface area contributed by atoms with Crippen molar-refractivity contribution in [2.75, 3.05) is 13.1 Å². The van der Waals surface area contributed by atoms with Crippen LogP contribution in [0.3, 0.4) is 0 Å². The molecule has 0 unspecified atom stereocenters. The van der Waals surface area contributed by atoms with Gasteiger partial charge in [0.25, 0.3) is 0 Å². The van der Waals surface area contributed by atoms with E-state index in [-0.39, 0.29) is 29.8 Å². The predicted octanol–water partition coefficient (Wildman–Crippen LogP) is 3.64. The number of carbonyl (C=O) groups excluding carboxylic acids is 2. The van der Waals surface area contributed by atoms with E-state index in [4.69, 9.17) is 4.74 Å². The molecule has 0 bridgehead atoms. The van der Waals surface area contributed by atoms with Gasteiger partial charge < -0.3 is 9.64 Å². The maximum absolute atomic E-state index is 12.7. The van der Waals surface area contributed by atoms with E-state index in [0.29, 0.717) is 24.3 Å². The van der Waals surface area contributed by atoms with Crippen LogP contribution in [-0.4, -0.2) is 36.0 Å². The van der Waals surface area contributed by atoms with Crippen molar-refractivity contribution in [3.8, 4) is 0 Å². The average Bonchev–Trinajstić information content (AvgIpc) is 3.39. The molecule has 0 aromatic heterocycles. The normalized spacial score (nSPS) is 34.2. The Labute approximate surface area is 146 Å². The van der Waals surface area contributed by atoms with E-state index >= 15 is 0 Å². The maximum Gasteiger partial charge on any atom is 0.311 e. The number of carbonyl (C=O) groups is 2. The summed E-state index contributed by atoms with van der Waals surface area (Å²) in [7, 11) is 0. The zero-order valence-electron chi connectivity index (χ0n) is 15.5. The minimum absolute atomic E-state index is 0.0620. The number of esters is 1. The van der Waals surface area contributed by atoms with Gasteiger partial charge in [0.1, 0.15) is 6.10 Å². The largest absolute Gasteiger partial charge is 0.462 e. The highest BCUT2D eigenvalue weighted by Crippen LogP contribution is 2.36. The summed E-state index contributed by atoms with van der Waals surface area (Å²) in [5.41, 5.74) is 0. The summed E-state index contributed by atoms with van der Waals surface area (Å²) in [6, 6.07) is 0. The van der Waals surface area contributed by atoms with Crippen LogP contribution in [0.2, 0.25) is 0 Å². The number of amides is 1. The molecule has 0 spiro atoms. The fourth-order valence-electron chi connectivity index (χ4n) is 4.45. The SMILES string of the molecule is CC(C)[C@H]1CC[C@@H](C)C[C@@H]1OC(=O)[C@@H]1CCCN(C(=O)C2CC2)C1. The van der Waals surface area contributed by atoms with Crippen LogP contribution in [0.4, 0.5) is 0 Å². The van der Waals surface area contributed by atoms with Crippen molar-refractivity contribution in [2.45, 2.75) is 71.8 Å². The molecule has 0 N–H and O–H groups in total. The fourth-order valence-corrected chi connectivity index (χ4v) is 4.45. The van der Waals surface area contributed by atoms with E-state index in [2.05, 4.69) is 20.8 Å². The molecule has 3 aliphatic rings. The summed E-state index contributed by atoms with van der Waals surface area (Å²) >= 11 is 0. The Hall–Kier alpha value is -1.06. The third-order valence-corrected chi connectivity index (χ3v) is 6.22. The third-order valence-electron chi connectivity index (χ3n) is 6.22. The molecule has 0 radical (unpaired) electrons.